The average molecular weight is 559 g/mol. The number of fused-ring (bicyclic) bond motifs is 1. The Morgan fingerprint density at radius 2 is 1.48 bits per heavy atom. The summed E-state index contributed by atoms with van der Waals surface area (Å²) in [6.07, 6.45) is 1.23. The summed E-state index contributed by atoms with van der Waals surface area (Å²) in [6, 6.07) is 32.6. The maximum Gasteiger partial charge on any atom is 0.163 e. The summed E-state index contributed by atoms with van der Waals surface area (Å²) in [7, 11) is 1.65. The molecule has 2 N–H and O–H groups in total. The summed E-state index contributed by atoms with van der Waals surface area (Å²) >= 11 is 0. The maximum absolute atomic E-state index is 14.1. The smallest absolute Gasteiger partial charge is 0.163 e. The van der Waals surface area contributed by atoms with Gasteiger partial charge in [-0.15, -0.1) is 0 Å². The number of ketones is 1. The third kappa shape index (κ3) is 5.64. The van der Waals surface area contributed by atoms with E-state index in [1.807, 2.05) is 60.7 Å². The van der Waals surface area contributed by atoms with Crippen LogP contribution in [0, 0.1) is 0 Å². The first-order valence-corrected chi connectivity index (χ1v) is 14.6. The molecule has 0 radical (unpaired) electrons. The highest BCUT2D eigenvalue weighted by Crippen LogP contribution is 2.45. The zero-order chi connectivity index (χ0) is 29.3. The Balaban J connectivity index is 1.36. The summed E-state index contributed by atoms with van der Waals surface area (Å²) in [5, 5.41) is 7.34. The normalized spacial score (nSPS) is 18.2. The van der Waals surface area contributed by atoms with Crippen LogP contribution in [-0.2, 0) is 16.8 Å². The van der Waals surface area contributed by atoms with Crippen LogP contribution in [0.4, 0.5) is 11.4 Å². The lowest BCUT2D eigenvalue weighted by molar-refractivity contribution is -0.116. The zero-order valence-corrected chi connectivity index (χ0v) is 24.7. The summed E-state index contributed by atoms with van der Waals surface area (Å²) in [4.78, 5) is 14.1. The quantitative estimate of drug-likeness (QED) is 0.248. The maximum atomic E-state index is 14.1. The number of para-hydroxylation sites is 2. The number of anilines is 2. The van der Waals surface area contributed by atoms with Gasteiger partial charge in [-0.1, -0.05) is 93.6 Å². The lowest BCUT2D eigenvalue weighted by Gasteiger charge is -2.30. The van der Waals surface area contributed by atoms with Crippen molar-refractivity contribution in [1.29, 1.82) is 0 Å². The third-order valence-electron chi connectivity index (χ3n) is 8.32. The molecule has 6 rings (SSSR count). The van der Waals surface area contributed by atoms with Crippen LogP contribution in [0.15, 0.2) is 108 Å². The first kappa shape index (κ1) is 27.6. The van der Waals surface area contributed by atoms with Gasteiger partial charge in [-0.05, 0) is 64.3 Å². The van der Waals surface area contributed by atoms with Gasteiger partial charge in [-0.2, -0.15) is 0 Å². The number of hydrogen-bond acceptors (Lipinski definition) is 5. The SMILES string of the molecule is COc1ccc(C2Nc3ccccc3NC3=C2C(=O)CC(c2ccc(C(C)(C)C)cc2)C3)cc1OCc1ccccc1. The van der Waals surface area contributed by atoms with Crippen molar-refractivity contribution in [2.45, 2.75) is 57.6 Å². The van der Waals surface area contributed by atoms with Gasteiger partial charge in [-0.25, -0.2) is 0 Å². The second kappa shape index (κ2) is 11.4. The molecule has 2 aliphatic rings. The number of nitrogens with one attached hydrogen (secondary N) is 2. The van der Waals surface area contributed by atoms with E-state index in [4.69, 9.17) is 9.47 Å². The number of rotatable bonds is 6. The standard InChI is InChI=1S/C37H38N2O3/c1-37(2,3)28-17-14-25(15-18-28)27-20-31-35(32(40)21-27)36(39-30-13-9-8-12-29(30)38-31)26-16-19-33(41-4)34(22-26)42-23-24-10-6-5-7-11-24/h5-19,22,27,36,38-39H,20-21,23H2,1-4H3. The Bertz CT molecular complexity index is 1620. The van der Waals surface area contributed by atoms with Gasteiger partial charge >= 0.3 is 0 Å². The highest BCUT2D eigenvalue weighted by Gasteiger charge is 2.36. The van der Waals surface area contributed by atoms with Gasteiger partial charge in [0.25, 0.3) is 0 Å². The van der Waals surface area contributed by atoms with Crippen LogP contribution >= 0.6 is 0 Å². The molecule has 5 heteroatoms. The summed E-state index contributed by atoms with van der Waals surface area (Å²) in [5.74, 6) is 1.57. The molecule has 0 amide bonds. The molecule has 4 aromatic carbocycles. The van der Waals surface area contributed by atoms with E-state index in [2.05, 4.69) is 67.8 Å². The van der Waals surface area contributed by atoms with Crippen LogP contribution < -0.4 is 20.1 Å². The molecule has 2 atom stereocenters. The second-order valence-corrected chi connectivity index (χ2v) is 12.2. The molecule has 0 bridgehead atoms. The number of Topliss-reactive ketones (excluding diaryl/α,β-unsaturated/α-hetero) is 1. The lowest BCUT2D eigenvalue weighted by Crippen LogP contribution is -2.27. The van der Waals surface area contributed by atoms with Crippen molar-refractivity contribution in [3.05, 3.63) is 131 Å². The zero-order valence-electron chi connectivity index (χ0n) is 24.7. The number of hydrogen-bond donors (Lipinski definition) is 2. The Labute approximate surface area is 248 Å². The van der Waals surface area contributed by atoms with Crippen molar-refractivity contribution < 1.29 is 14.3 Å². The molecule has 0 fully saturated rings. The van der Waals surface area contributed by atoms with E-state index in [-0.39, 0.29) is 23.2 Å². The van der Waals surface area contributed by atoms with Crippen molar-refractivity contribution in [1.82, 2.24) is 0 Å². The predicted octanol–water partition coefficient (Wildman–Crippen LogP) is 8.55. The average Bonchev–Trinajstić information content (AvgIpc) is 3.17. The Hall–Kier alpha value is -4.51. The van der Waals surface area contributed by atoms with Crippen molar-refractivity contribution in [3.63, 3.8) is 0 Å². The Kier molecular flexibility index (Phi) is 7.51. The van der Waals surface area contributed by atoms with Crippen molar-refractivity contribution in [3.8, 4) is 11.5 Å². The Morgan fingerprint density at radius 3 is 2.19 bits per heavy atom. The van der Waals surface area contributed by atoms with Crippen LogP contribution in [0.3, 0.4) is 0 Å². The van der Waals surface area contributed by atoms with E-state index in [0.717, 1.165) is 40.2 Å². The molecule has 1 aliphatic carbocycles. The van der Waals surface area contributed by atoms with Gasteiger partial charge in [0.2, 0.25) is 0 Å². The van der Waals surface area contributed by atoms with E-state index in [1.54, 1.807) is 7.11 Å². The molecule has 214 valence electrons. The molecule has 42 heavy (non-hydrogen) atoms. The van der Waals surface area contributed by atoms with Gasteiger partial charge in [0, 0.05) is 17.7 Å². The van der Waals surface area contributed by atoms with E-state index in [9.17, 15) is 4.79 Å². The molecule has 1 aliphatic heterocycles. The number of methoxy groups -OCH3 is 1. The first-order chi connectivity index (χ1) is 20.3. The van der Waals surface area contributed by atoms with Gasteiger partial charge in [0.05, 0.1) is 24.5 Å². The second-order valence-electron chi connectivity index (χ2n) is 12.2. The van der Waals surface area contributed by atoms with Crippen LogP contribution in [0.5, 0.6) is 11.5 Å². The molecule has 1 heterocycles. The lowest BCUT2D eigenvalue weighted by atomic mass is 9.77. The van der Waals surface area contributed by atoms with Crippen LogP contribution in [-0.4, -0.2) is 12.9 Å². The molecule has 4 aromatic rings. The summed E-state index contributed by atoms with van der Waals surface area (Å²) < 4.78 is 11.9. The number of carbonyl (C=O) groups is 1. The fourth-order valence-corrected chi connectivity index (χ4v) is 5.95. The van der Waals surface area contributed by atoms with Crippen LogP contribution in [0.2, 0.25) is 0 Å². The fourth-order valence-electron chi connectivity index (χ4n) is 5.95. The van der Waals surface area contributed by atoms with Crippen LogP contribution in [0.1, 0.15) is 67.8 Å². The van der Waals surface area contributed by atoms with E-state index < -0.39 is 0 Å². The van der Waals surface area contributed by atoms with Crippen molar-refractivity contribution in [2.24, 2.45) is 0 Å². The molecular weight excluding hydrogens is 520 g/mol. The molecule has 5 nitrogen and oxygen atoms in total. The third-order valence-corrected chi connectivity index (χ3v) is 8.32. The Morgan fingerprint density at radius 1 is 0.786 bits per heavy atom. The number of carbonyl (C=O) groups excluding carboxylic acids is 1. The molecule has 0 spiro atoms. The van der Waals surface area contributed by atoms with E-state index >= 15 is 0 Å². The first-order valence-electron chi connectivity index (χ1n) is 14.6. The fraction of sp³-hybridized carbons (Fsp3) is 0.270. The van der Waals surface area contributed by atoms with Crippen LogP contribution in [0.25, 0.3) is 0 Å². The van der Waals surface area contributed by atoms with Gasteiger partial charge in [0.15, 0.2) is 17.3 Å². The molecule has 0 saturated carbocycles. The minimum absolute atomic E-state index is 0.0874. The molecule has 2 unspecified atom stereocenters. The van der Waals surface area contributed by atoms with E-state index in [1.165, 1.54) is 11.1 Å². The van der Waals surface area contributed by atoms with Gasteiger partial charge in [-0.3, -0.25) is 4.79 Å². The summed E-state index contributed by atoms with van der Waals surface area (Å²) in [6.45, 7) is 7.09. The minimum Gasteiger partial charge on any atom is -0.493 e. The summed E-state index contributed by atoms with van der Waals surface area (Å²) in [5.41, 5.74) is 8.29. The molecule has 0 aromatic heterocycles. The van der Waals surface area contributed by atoms with E-state index in [0.29, 0.717) is 24.5 Å². The largest absolute Gasteiger partial charge is 0.493 e. The predicted molar refractivity (Wildman–Crippen MR) is 169 cm³/mol. The van der Waals surface area contributed by atoms with Gasteiger partial charge < -0.3 is 20.1 Å². The van der Waals surface area contributed by atoms with Gasteiger partial charge in [0.1, 0.15) is 6.61 Å². The highest BCUT2D eigenvalue weighted by atomic mass is 16.5. The highest BCUT2D eigenvalue weighted by molar-refractivity contribution is 6.01. The number of ether oxygens (including phenoxy) is 2. The number of benzene rings is 4. The number of allylic oxidation sites excluding steroid dienone is 1. The van der Waals surface area contributed by atoms with Crippen molar-refractivity contribution in [2.75, 3.05) is 17.7 Å². The monoisotopic (exact) mass is 558 g/mol. The molecular formula is C37H38N2O3. The van der Waals surface area contributed by atoms with Crippen molar-refractivity contribution >= 4 is 17.2 Å². The minimum atomic E-state index is -0.335. The topological polar surface area (TPSA) is 59.6 Å². The molecule has 0 saturated heterocycles.